The van der Waals surface area contributed by atoms with Crippen molar-refractivity contribution in [3.8, 4) is 11.8 Å². The summed E-state index contributed by atoms with van der Waals surface area (Å²) in [6, 6.07) is 5.39. The molecule has 0 aliphatic rings. The number of hydrogen-bond donors (Lipinski definition) is 2. The molecule has 0 saturated carbocycles. The molecule has 0 fully saturated rings. The largest absolute Gasteiger partial charge is 0.384 e. The molecule has 0 saturated heterocycles. The monoisotopic (exact) mass is 217 g/mol. The Labute approximate surface area is 95.5 Å². The van der Waals surface area contributed by atoms with Crippen LogP contribution < -0.4 is 5.32 Å². The zero-order chi connectivity index (χ0) is 12.0. The van der Waals surface area contributed by atoms with E-state index in [4.69, 9.17) is 5.11 Å². The molecular formula is C13H15NO2. The molecule has 1 aromatic carbocycles. The van der Waals surface area contributed by atoms with Gasteiger partial charge in [-0.3, -0.25) is 4.79 Å². The van der Waals surface area contributed by atoms with Gasteiger partial charge in [-0.25, -0.2) is 0 Å². The maximum absolute atomic E-state index is 11.7. The molecule has 0 unspecified atom stereocenters. The number of aliphatic hydroxyl groups is 1. The molecule has 1 amide bonds. The number of amides is 1. The first-order valence-electron chi connectivity index (χ1n) is 5.18. The predicted molar refractivity (Wildman–Crippen MR) is 63.2 cm³/mol. The van der Waals surface area contributed by atoms with E-state index in [1.807, 2.05) is 19.9 Å². The molecule has 0 spiro atoms. The fourth-order valence-corrected chi connectivity index (χ4v) is 1.41. The highest BCUT2D eigenvalue weighted by atomic mass is 16.2. The molecule has 0 aromatic heterocycles. The third-order valence-corrected chi connectivity index (χ3v) is 2.22. The van der Waals surface area contributed by atoms with E-state index in [2.05, 4.69) is 17.2 Å². The molecule has 3 heteroatoms. The Kier molecular flexibility index (Phi) is 4.56. The van der Waals surface area contributed by atoms with Gasteiger partial charge in [0.25, 0.3) is 5.91 Å². The van der Waals surface area contributed by atoms with Crippen molar-refractivity contribution >= 4 is 5.91 Å². The van der Waals surface area contributed by atoms with E-state index >= 15 is 0 Å². The van der Waals surface area contributed by atoms with Crippen molar-refractivity contribution in [2.24, 2.45) is 0 Å². The van der Waals surface area contributed by atoms with E-state index < -0.39 is 0 Å². The van der Waals surface area contributed by atoms with E-state index in [1.165, 1.54) is 0 Å². The van der Waals surface area contributed by atoms with Gasteiger partial charge in [-0.1, -0.05) is 17.9 Å². The van der Waals surface area contributed by atoms with Crippen molar-refractivity contribution in [2.45, 2.75) is 13.8 Å². The summed E-state index contributed by atoms with van der Waals surface area (Å²) in [5, 5.41) is 11.4. The molecule has 1 aromatic rings. The van der Waals surface area contributed by atoms with E-state index in [0.29, 0.717) is 12.1 Å². The zero-order valence-electron chi connectivity index (χ0n) is 9.50. The molecule has 16 heavy (non-hydrogen) atoms. The Balaban J connectivity index is 3.08. The van der Waals surface area contributed by atoms with Gasteiger partial charge in [0.1, 0.15) is 6.61 Å². The second kappa shape index (κ2) is 5.94. The standard InChI is InChI=1S/C13H15NO2/c1-3-14-13(16)12-8-4-6-11(10(12)2)7-5-9-15/h4,6,8,15H,3,9H2,1-2H3,(H,14,16). The highest BCUT2D eigenvalue weighted by Gasteiger charge is 2.09. The second-order valence-electron chi connectivity index (χ2n) is 3.30. The van der Waals surface area contributed by atoms with Crippen molar-refractivity contribution in [1.82, 2.24) is 5.32 Å². The zero-order valence-corrected chi connectivity index (χ0v) is 9.50. The Bertz CT molecular complexity index is 441. The van der Waals surface area contributed by atoms with Gasteiger partial charge in [0.2, 0.25) is 0 Å². The quantitative estimate of drug-likeness (QED) is 0.728. The van der Waals surface area contributed by atoms with Gasteiger partial charge in [-0.2, -0.15) is 0 Å². The number of rotatable bonds is 2. The molecule has 0 bridgehead atoms. The number of carbonyl (C=O) groups excluding carboxylic acids is 1. The number of aliphatic hydroxyl groups excluding tert-OH is 1. The van der Waals surface area contributed by atoms with Crippen molar-refractivity contribution in [1.29, 1.82) is 0 Å². The third kappa shape index (κ3) is 2.85. The van der Waals surface area contributed by atoms with Gasteiger partial charge < -0.3 is 10.4 Å². The van der Waals surface area contributed by atoms with E-state index in [9.17, 15) is 4.79 Å². The third-order valence-electron chi connectivity index (χ3n) is 2.22. The average molecular weight is 217 g/mol. The molecule has 0 aliphatic heterocycles. The van der Waals surface area contributed by atoms with Crippen LogP contribution in [-0.2, 0) is 0 Å². The molecule has 2 N–H and O–H groups in total. The van der Waals surface area contributed by atoms with Crippen molar-refractivity contribution in [3.05, 3.63) is 34.9 Å². The fraction of sp³-hybridized carbons (Fsp3) is 0.308. The summed E-state index contributed by atoms with van der Waals surface area (Å²) in [5.41, 5.74) is 2.25. The van der Waals surface area contributed by atoms with Crippen LogP contribution in [0.15, 0.2) is 18.2 Å². The lowest BCUT2D eigenvalue weighted by Gasteiger charge is -2.07. The SMILES string of the molecule is CCNC(=O)c1cccc(C#CCO)c1C. The first-order chi connectivity index (χ1) is 7.70. The molecule has 0 heterocycles. The molecule has 1 rings (SSSR count). The van der Waals surface area contributed by atoms with Crippen LogP contribution in [0, 0.1) is 18.8 Å². The second-order valence-corrected chi connectivity index (χ2v) is 3.30. The molecule has 84 valence electrons. The Morgan fingerprint density at radius 1 is 1.50 bits per heavy atom. The maximum Gasteiger partial charge on any atom is 0.251 e. The van der Waals surface area contributed by atoms with Crippen LogP contribution in [0.3, 0.4) is 0 Å². The Morgan fingerprint density at radius 2 is 2.25 bits per heavy atom. The first-order valence-corrected chi connectivity index (χ1v) is 5.18. The molecular weight excluding hydrogens is 202 g/mol. The minimum atomic E-state index is -0.176. The number of hydrogen-bond acceptors (Lipinski definition) is 2. The van der Waals surface area contributed by atoms with E-state index in [1.54, 1.807) is 12.1 Å². The van der Waals surface area contributed by atoms with Crippen molar-refractivity contribution < 1.29 is 9.90 Å². The highest BCUT2D eigenvalue weighted by molar-refractivity contribution is 5.96. The van der Waals surface area contributed by atoms with Gasteiger partial charge in [-0.15, -0.1) is 0 Å². The van der Waals surface area contributed by atoms with Gasteiger partial charge >= 0.3 is 0 Å². The first kappa shape index (κ1) is 12.3. The molecule has 0 aliphatic carbocycles. The van der Waals surface area contributed by atoms with Gasteiger partial charge in [0.05, 0.1) is 0 Å². The maximum atomic E-state index is 11.7. The van der Waals surface area contributed by atoms with Gasteiger partial charge in [0.15, 0.2) is 0 Å². The minimum Gasteiger partial charge on any atom is -0.384 e. The molecule has 0 radical (unpaired) electrons. The minimum absolute atomic E-state index is 0.0901. The fourth-order valence-electron chi connectivity index (χ4n) is 1.41. The van der Waals surface area contributed by atoms with Crippen LogP contribution in [0.25, 0.3) is 0 Å². The predicted octanol–water partition coefficient (Wildman–Crippen LogP) is 1.09. The Morgan fingerprint density at radius 3 is 2.88 bits per heavy atom. The lowest BCUT2D eigenvalue weighted by atomic mass is 10.0. The molecule has 0 atom stereocenters. The molecule has 3 nitrogen and oxygen atoms in total. The van der Waals surface area contributed by atoms with Crippen LogP contribution >= 0.6 is 0 Å². The summed E-state index contributed by atoms with van der Waals surface area (Å²) < 4.78 is 0. The number of benzene rings is 1. The summed E-state index contributed by atoms with van der Waals surface area (Å²) in [6.07, 6.45) is 0. The van der Waals surface area contributed by atoms with Crippen molar-refractivity contribution in [3.63, 3.8) is 0 Å². The Hall–Kier alpha value is -1.79. The lowest BCUT2D eigenvalue weighted by Crippen LogP contribution is -2.23. The lowest BCUT2D eigenvalue weighted by molar-refractivity contribution is 0.0955. The van der Waals surface area contributed by atoms with E-state index in [0.717, 1.165) is 11.1 Å². The van der Waals surface area contributed by atoms with Crippen LogP contribution in [-0.4, -0.2) is 24.2 Å². The van der Waals surface area contributed by atoms with Crippen LogP contribution in [0.1, 0.15) is 28.4 Å². The highest BCUT2D eigenvalue weighted by Crippen LogP contribution is 2.12. The number of nitrogens with one attached hydrogen (secondary N) is 1. The summed E-state index contributed by atoms with van der Waals surface area (Å²) in [5.74, 6) is 5.31. The summed E-state index contributed by atoms with van der Waals surface area (Å²) in [4.78, 5) is 11.7. The van der Waals surface area contributed by atoms with Gasteiger partial charge in [-0.05, 0) is 31.5 Å². The normalized spacial score (nSPS) is 9.19. The van der Waals surface area contributed by atoms with Crippen LogP contribution in [0.5, 0.6) is 0 Å². The topological polar surface area (TPSA) is 49.3 Å². The van der Waals surface area contributed by atoms with Gasteiger partial charge in [0, 0.05) is 17.7 Å². The van der Waals surface area contributed by atoms with E-state index in [-0.39, 0.29) is 12.5 Å². The van der Waals surface area contributed by atoms with Crippen molar-refractivity contribution in [2.75, 3.05) is 13.2 Å². The summed E-state index contributed by atoms with van der Waals surface area (Å²) >= 11 is 0. The number of carbonyl (C=O) groups is 1. The summed E-state index contributed by atoms with van der Waals surface area (Å²) in [7, 11) is 0. The average Bonchev–Trinajstić information content (AvgIpc) is 2.28. The van der Waals surface area contributed by atoms with Crippen LogP contribution in [0.2, 0.25) is 0 Å². The smallest absolute Gasteiger partial charge is 0.251 e. The summed E-state index contributed by atoms with van der Waals surface area (Å²) in [6.45, 7) is 4.16. The van der Waals surface area contributed by atoms with Crippen LogP contribution in [0.4, 0.5) is 0 Å².